The van der Waals surface area contributed by atoms with Crippen LogP contribution >= 0.6 is 0 Å². The Balaban J connectivity index is 2.11. The van der Waals surface area contributed by atoms with E-state index in [2.05, 4.69) is 18.7 Å². The second-order valence-corrected chi connectivity index (χ2v) is 5.35. The quantitative estimate of drug-likeness (QED) is 0.611. The molecule has 1 aliphatic rings. The first-order valence-corrected chi connectivity index (χ1v) is 6.37. The van der Waals surface area contributed by atoms with Gasteiger partial charge in [-0.15, -0.1) is 0 Å². The first-order valence-electron chi connectivity index (χ1n) is 6.37. The Hall–Kier alpha value is -1.22. The maximum absolute atomic E-state index is 9.84. The van der Waals surface area contributed by atoms with Crippen LogP contribution in [0.15, 0.2) is 18.2 Å². The smallest absolute Gasteiger partial charge is 0.120 e. The summed E-state index contributed by atoms with van der Waals surface area (Å²) in [4.78, 5) is 2.43. The van der Waals surface area contributed by atoms with Crippen molar-refractivity contribution in [1.29, 1.82) is 0 Å². The minimum Gasteiger partial charge on any atom is -0.508 e. The van der Waals surface area contributed by atoms with Crippen LogP contribution < -0.4 is 5.73 Å². The molecule has 0 aromatic heterocycles. The van der Waals surface area contributed by atoms with Crippen molar-refractivity contribution in [2.45, 2.75) is 39.3 Å². The lowest BCUT2D eigenvalue weighted by Gasteiger charge is -2.36. The SMILES string of the molecule is CC1CCC(C)N(Cc2cc(N)ccc2O)C1. The van der Waals surface area contributed by atoms with Gasteiger partial charge in [0.15, 0.2) is 0 Å². The maximum atomic E-state index is 9.84. The Bertz CT molecular complexity index is 392. The third-order valence-corrected chi connectivity index (χ3v) is 3.72. The summed E-state index contributed by atoms with van der Waals surface area (Å²) in [6, 6.07) is 5.89. The van der Waals surface area contributed by atoms with Crippen molar-refractivity contribution in [3.8, 4) is 5.75 Å². The van der Waals surface area contributed by atoms with Gasteiger partial charge >= 0.3 is 0 Å². The molecule has 2 unspecified atom stereocenters. The van der Waals surface area contributed by atoms with Crippen LogP contribution in [-0.4, -0.2) is 22.6 Å². The van der Waals surface area contributed by atoms with Crippen molar-refractivity contribution in [2.24, 2.45) is 5.92 Å². The Morgan fingerprint density at radius 3 is 2.88 bits per heavy atom. The predicted molar refractivity (Wildman–Crippen MR) is 70.8 cm³/mol. The van der Waals surface area contributed by atoms with Crippen molar-refractivity contribution in [1.82, 2.24) is 4.90 Å². The first-order chi connectivity index (χ1) is 8.06. The fourth-order valence-electron chi connectivity index (χ4n) is 2.55. The molecule has 1 heterocycles. The lowest BCUT2D eigenvalue weighted by Crippen LogP contribution is -2.40. The van der Waals surface area contributed by atoms with Gasteiger partial charge in [-0.05, 0) is 43.9 Å². The number of phenols is 1. The van der Waals surface area contributed by atoms with E-state index in [-0.39, 0.29) is 0 Å². The number of nitrogen functional groups attached to an aromatic ring is 1. The monoisotopic (exact) mass is 234 g/mol. The molecule has 1 fully saturated rings. The number of likely N-dealkylation sites (tertiary alicyclic amines) is 1. The van der Waals surface area contributed by atoms with Crippen LogP contribution in [0.3, 0.4) is 0 Å². The third-order valence-electron chi connectivity index (χ3n) is 3.72. The fourth-order valence-corrected chi connectivity index (χ4v) is 2.55. The summed E-state index contributed by atoms with van der Waals surface area (Å²) in [7, 11) is 0. The van der Waals surface area contributed by atoms with Gasteiger partial charge in [0.2, 0.25) is 0 Å². The number of aromatic hydroxyl groups is 1. The molecular formula is C14H22N2O. The van der Waals surface area contributed by atoms with E-state index >= 15 is 0 Å². The number of rotatable bonds is 2. The van der Waals surface area contributed by atoms with E-state index in [4.69, 9.17) is 5.73 Å². The van der Waals surface area contributed by atoms with E-state index in [1.807, 2.05) is 6.07 Å². The number of nitrogens with two attached hydrogens (primary N) is 1. The van der Waals surface area contributed by atoms with E-state index in [9.17, 15) is 5.11 Å². The fraction of sp³-hybridized carbons (Fsp3) is 0.571. The van der Waals surface area contributed by atoms with E-state index in [1.54, 1.807) is 12.1 Å². The predicted octanol–water partition coefficient (Wildman–Crippen LogP) is 2.59. The summed E-state index contributed by atoms with van der Waals surface area (Å²) in [5.74, 6) is 1.10. The second kappa shape index (κ2) is 4.96. The Kier molecular flexibility index (Phi) is 3.57. The van der Waals surface area contributed by atoms with Crippen molar-refractivity contribution in [3.05, 3.63) is 23.8 Å². The number of hydrogen-bond acceptors (Lipinski definition) is 3. The van der Waals surface area contributed by atoms with Crippen LogP contribution in [0.1, 0.15) is 32.3 Å². The van der Waals surface area contributed by atoms with Gasteiger partial charge < -0.3 is 10.8 Å². The van der Waals surface area contributed by atoms with E-state index in [0.717, 1.165) is 30.3 Å². The molecule has 0 radical (unpaired) electrons. The Morgan fingerprint density at radius 1 is 1.35 bits per heavy atom. The Morgan fingerprint density at radius 2 is 2.12 bits per heavy atom. The highest BCUT2D eigenvalue weighted by molar-refractivity contribution is 5.47. The molecule has 1 aromatic carbocycles. The summed E-state index contributed by atoms with van der Waals surface area (Å²) in [6.07, 6.45) is 2.55. The third kappa shape index (κ3) is 2.91. The average Bonchev–Trinajstić information content (AvgIpc) is 2.28. The van der Waals surface area contributed by atoms with Gasteiger partial charge in [0.25, 0.3) is 0 Å². The molecule has 1 saturated heterocycles. The molecular weight excluding hydrogens is 212 g/mol. The average molecular weight is 234 g/mol. The van der Waals surface area contributed by atoms with Crippen LogP contribution in [0.2, 0.25) is 0 Å². The number of nitrogens with zero attached hydrogens (tertiary/aromatic N) is 1. The van der Waals surface area contributed by atoms with E-state index < -0.39 is 0 Å². The zero-order valence-electron chi connectivity index (χ0n) is 10.7. The van der Waals surface area contributed by atoms with E-state index in [1.165, 1.54) is 12.8 Å². The van der Waals surface area contributed by atoms with Crippen LogP contribution in [0.4, 0.5) is 5.69 Å². The van der Waals surface area contributed by atoms with Crippen molar-refractivity contribution < 1.29 is 5.11 Å². The maximum Gasteiger partial charge on any atom is 0.120 e. The van der Waals surface area contributed by atoms with Crippen molar-refractivity contribution in [2.75, 3.05) is 12.3 Å². The van der Waals surface area contributed by atoms with Crippen LogP contribution in [-0.2, 0) is 6.54 Å². The van der Waals surface area contributed by atoms with Gasteiger partial charge in [-0.1, -0.05) is 6.92 Å². The molecule has 3 nitrogen and oxygen atoms in total. The number of benzene rings is 1. The summed E-state index contributed by atoms with van der Waals surface area (Å²) >= 11 is 0. The normalized spacial score (nSPS) is 26.0. The molecule has 0 bridgehead atoms. The standard InChI is InChI=1S/C14H22N2O/c1-10-3-4-11(2)16(8-10)9-12-7-13(15)5-6-14(12)17/h5-7,10-11,17H,3-4,8-9,15H2,1-2H3. The van der Waals surface area contributed by atoms with Gasteiger partial charge in [-0.2, -0.15) is 0 Å². The largest absolute Gasteiger partial charge is 0.508 e. The topological polar surface area (TPSA) is 49.5 Å². The van der Waals surface area contributed by atoms with Gasteiger partial charge in [0, 0.05) is 30.4 Å². The molecule has 3 N–H and O–H groups in total. The van der Waals surface area contributed by atoms with Crippen molar-refractivity contribution >= 4 is 5.69 Å². The summed E-state index contributed by atoms with van der Waals surface area (Å²) < 4.78 is 0. The van der Waals surface area contributed by atoms with Crippen LogP contribution in [0.5, 0.6) is 5.75 Å². The molecule has 94 valence electrons. The first kappa shape index (κ1) is 12.2. The minimum atomic E-state index is 0.352. The molecule has 0 amide bonds. The summed E-state index contributed by atoms with van der Waals surface area (Å²) in [6.45, 7) is 6.45. The number of piperidine rings is 1. The van der Waals surface area contributed by atoms with Crippen LogP contribution in [0.25, 0.3) is 0 Å². The number of hydrogen-bond donors (Lipinski definition) is 2. The highest BCUT2D eigenvalue weighted by Gasteiger charge is 2.23. The molecule has 0 spiro atoms. The van der Waals surface area contributed by atoms with Gasteiger partial charge in [-0.3, -0.25) is 4.90 Å². The summed E-state index contributed by atoms with van der Waals surface area (Å²) in [5.41, 5.74) is 7.42. The second-order valence-electron chi connectivity index (χ2n) is 5.35. The lowest BCUT2D eigenvalue weighted by atomic mass is 9.94. The molecule has 2 atom stereocenters. The summed E-state index contributed by atoms with van der Waals surface area (Å²) in [5, 5.41) is 9.84. The molecule has 0 aliphatic carbocycles. The lowest BCUT2D eigenvalue weighted by molar-refractivity contribution is 0.116. The van der Waals surface area contributed by atoms with Gasteiger partial charge in [-0.25, -0.2) is 0 Å². The molecule has 17 heavy (non-hydrogen) atoms. The van der Waals surface area contributed by atoms with Gasteiger partial charge in [0.1, 0.15) is 5.75 Å². The number of phenolic OH excluding ortho intramolecular Hbond substituents is 1. The van der Waals surface area contributed by atoms with Gasteiger partial charge in [0.05, 0.1) is 0 Å². The molecule has 1 aliphatic heterocycles. The molecule has 0 saturated carbocycles. The minimum absolute atomic E-state index is 0.352. The molecule has 2 rings (SSSR count). The molecule has 3 heteroatoms. The Labute approximate surface area is 103 Å². The highest BCUT2D eigenvalue weighted by Crippen LogP contribution is 2.27. The molecule has 1 aromatic rings. The van der Waals surface area contributed by atoms with Crippen LogP contribution in [0, 0.1) is 5.92 Å². The van der Waals surface area contributed by atoms with Crippen molar-refractivity contribution in [3.63, 3.8) is 0 Å². The zero-order chi connectivity index (χ0) is 12.4. The highest BCUT2D eigenvalue weighted by atomic mass is 16.3. The zero-order valence-corrected chi connectivity index (χ0v) is 10.7. The number of anilines is 1. The van der Waals surface area contributed by atoms with E-state index in [0.29, 0.717) is 11.8 Å².